The lowest BCUT2D eigenvalue weighted by Crippen LogP contribution is -2.52. The van der Waals surface area contributed by atoms with Crippen LogP contribution in [0.1, 0.15) is 24.8 Å². The fourth-order valence-corrected chi connectivity index (χ4v) is 2.02. The Labute approximate surface area is 103 Å². The summed E-state index contributed by atoms with van der Waals surface area (Å²) in [6.07, 6.45) is 3.13. The molecule has 0 atom stereocenters. The van der Waals surface area contributed by atoms with E-state index in [9.17, 15) is 20.0 Å². The van der Waals surface area contributed by atoms with Gasteiger partial charge in [0.1, 0.15) is 5.54 Å². The number of hydrogen-bond acceptors (Lipinski definition) is 5. The first-order valence-corrected chi connectivity index (χ1v) is 5.58. The van der Waals surface area contributed by atoms with Crippen LogP contribution in [0.3, 0.4) is 0 Å². The number of nitrogens with one attached hydrogen (secondary N) is 1. The summed E-state index contributed by atoms with van der Waals surface area (Å²) in [5.41, 5.74) is -0.812. The Morgan fingerprint density at radius 2 is 2.28 bits per heavy atom. The van der Waals surface area contributed by atoms with Crippen LogP contribution in [-0.2, 0) is 4.79 Å². The largest absolute Gasteiger partial charge is 0.480 e. The standard InChI is InChI=1S/C11H13N3O4/c1-7-3-6-12-9(8(7)14(17)18)13-11(10(15)16)4-2-5-11/h3,6H,2,4-5H2,1H3,(H,12,13)(H,15,16). The van der Waals surface area contributed by atoms with E-state index in [2.05, 4.69) is 10.3 Å². The van der Waals surface area contributed by atoms with E-state index in [1.807, 2.05) is 0 Å². The molecular weight excluding hydrogens is 238 g/mol. The minimum Gasteiger partial charge on any atom is -0.480 e. The molecule has 0 bridgehead atoms. The number of aliphatic carboxylic acids is 1. The van der Waals surface area contributed by atoms with Crippen molar-refractivity contribution in [3.8, 4) is 0 Å². The molecule has 0 amide bonds. The zero-order valence-electron chi connectivity index (χ0n) is 9.84. The number of aryl methyl sites for hydroxylation is 1. The van der Waals surface area contributed by atoms with Gasteiger partial charge in [-0.1, -0.05) is 0 Å². The van der Waals surface area contributed by atoms with Crippen LogP contribution in [0, 0.1) is 17.0 Å². The van der Waals surface area contributed by atoms with Gasteiger partial charge in [0.15, 0.2) is 0 Å². The molecule has 1 aliphatic carbocycles. The second kappa shape index (κ2) is 4.25. The molecule has 0 saturated heterocycles. The van der Waals surface area contributed by atoms with Crippen LogP contribution in [0.15, 0.2) is 12.3 Å². The summed E-state index contributed by atoms with van der Waals surface area (Å²) >= 11 is 0. The maximum atomic E-state index is 11.2. The lowest BCUT2D eigenvalue weighted by molar-refractivity contribution is -0.384. The number of hydrogen-bond donors (Lipinski definition) is 2. The van der Waals surface area contributed by atoms with Crippen LogP contribution in [0.25, 0.3) is 0 Å². The molecule has 2 rings (SSSR count). The van der Waals surface area contributed by atoms with Crippen molar-refractivity contribution >= 4 is 17.5 Å². The molecule has 1 aromatic rings. The van der Waals surface area contributed by atoms with Crippen LogP contribution < -0.4 is 5.32 Å². The van der Waals surface area contributed by atoms with Gasteiger partial charge in [0, 0.05) is 11.8 Å². The van der Waals surface area contributed by atoms with E-state index in [-0.39, 0.29) is 11.5 Å². The summed E-state index contributed by atoms with van der Waals surface area (Å²) < 4.78 is 0. The second-order valence-corrected chi connectivity index (χ2v) is 4.45. The number of nitrogens with zero attached hydrogens (tertiary/aromatic N) is 2. The Hall–Kier alpha value is -2.18. The third-order valence-electron chi connectivity index (χ3n) is 3.28. The molecule has 1 fully saturated rings. The number of anilines is 1. The SMILES string of the molecule is Cc1ccnc(NC2(C(=O)O)CCC2)c1[N+](=O)[O-]. The number of carbonyl (C=O) groups is 1. The van der Waals surface area contributed by atoms with Gasteiger partial charge >= 0.3 is 11.7 Å². The molecular formula is C11H13N3O4. The molecule has 1 saturated carbocycles. The number of carboxylic acid groups (broad SMARTS) is 1. The van der Waals surface area contributed by atoms with Crippen molar-refractivity contribution in [1.29, 1.82) is 0 Å². The van der Waals surface area contributed by atoms with E-state index >= 15 is 0 Å². The highest BCUT2D eigenvalue weighted by Gasteiger charge is 2.45. The van der Waals surface area contributed by atoms with Crippen molar-refractivity contribution in [3.05, 3.63) is 27.9 Å². The molecule has 7 heteroatoms. The first kappa shape index (κ1) is 12.3. The Kier molecular flexibility index (Phi) is 2.90. The third-order valence-corrected chi connectivity index (χ3v) is 3.28. The average Bonchev–Trinajstić information content (AvgIpc) is 2.22. The fourth-order valence-electron chi connectivity index (χ4n) is 2.02. The first-order chi connectivity index (χ1) is 8.46. The summed E-state index contributed by atoms with van der Waals surface area (Å²) in [6.45, 7) is 1.60. The molecule has 1 aliphatic rings. The Balaban J connectivity index is 2.37. The molecule has 1 heterocycles. The summed E-state index contributed by atoms with van der Waals surface area (Å²) in [6, 6.07) is 1.53. The minimum absolute atomic E-state index is 0.0297. The van der Waals surface area contributed by atoms with E-state index in [0.29, 0.717) is 18.4 Å². The van der Waals surface area contributed by atoms with Crippen LogP contribution >= 0.6 is 0 Å². The quantitative estimate of drug-likeness (QED) is 0.623. The van der Waals surface area contributed by atoms with Crippen molar-refractivity contribution in [2.45, 2.75) is 31.7 Å². The highest BCUT2D eigenvalue weighted by Crippen LogP contribution is 2.38. The van der Waals surface area contributed by atoms with Crippen molar-refractivity contribution in [2.24, 2.45) is 0 Å². The highest BCUT2D eigenvalue weighted by atomic mass is 16.6. The van der Waals surface area contributed by atoms with Gasteiger partial charge in [0.05, 0.1) is 4.92 Å². The predicted molar refractivity (Wildman–Crippen MR) is 63.5 cm³/mol. The first-order valence-electron chi connectivity index (χ1n) is 5.58. The molecule has 0 radical (unpaired) electrons. The van der Waals surface area contributed by atoms with Gasteiger partial charge in [-0.3, -0.25) is 10.1 Å². The summed E-state index contributed by atoms with van der Waals surface area (Å²) in [5.74, 6) is -0.964. The van der Waals surface area contributed by atoms with Crippen LogP contribution in [0.2, 0.25) is 0 Å². The zero-order chi connectivity index (χ0) is 13.3. The fraction of sp³-hybridized carbons (Fsp3) is 0.455. The molecule has 1 aromatic heterocycles. The van der Waals surface area contributed by atoms with Gasteiger partial charge in [0.2, 0.25) is 5.82 Å². The average molecular weight is 251 g/mol. The lowest BCUT2D eigenvalue weighted by atomic mass is 9.77. The van der Waals surface area contributed by atoms with Crippen molar-refractivity contribution in [3.63, 3.8) is 0 Å². The Bertz CT molecular complexity index is 511. The Morgan fingerprint density at radius 1 is 1.61 bits per heavy atom. The number of nitro groups is 1. The third kappa shape index (κ3) is 1.87. The van der Waals surface area contributed by atoms with Gasteiger partial charge in [-0.25, -0.2) is 9.78 Å². The topological polar surface area (TPSA) is 105 Å². The maximum absolute atomic E-state index is 11.2. The number of carboxylic acids is 1. The van der Waals surface area contributed by atoms with Gasteiger partial charge in [0.25, 0.3) is 0 Å². The summed E-state index contributed by atoms with van der Waals surface area (Å²) in [7, 11) is 0. The normalized spacial score (nSPS) is 16.7. The lowest BCUT2D eigenvalue weighted by Gasteiger charge is -2.38. The van der Waals surface area contributed by atoms with Gasteiger partial charge in [-0.2, -0.15) is 0 Å². The zero-order valence-corrected chi connectivity index (χ0v) is 9.84. The van der Waals surface area contributed by atoms with Crippen LogP contribution in [0.4, 0.5) is 11.5 Å². The molecule has 96 valence electrons. The van der Waals surface area contributed by atoms with Crippen molar-refractivity contribution < 1.29 is 14.8 Å². The molecule has 18 heavy (non-hydrogen) atoms. The number of rotatable bonds is 4. The van der Waals surface area contributed by atoms with E-state index in [4.69, 9.17) is 0 Å². The number of aromatic nitrogens is 1. The van der Waals surface area contributed by atoms with Gasteiger partial charge < -0.3 is 10.4 Å². The van der Waals surface area contributed by atoms with Crippen molar-refractivity contribution in [1.82, 2.24) is 4.98 Å². The molecule has 0 aromatic carbocycles. The molecule has 0 aliphatic heterocycles. The minimum atomic E-state index is -1.11. The molecule has 2 N–H and O–H groups in total. The van der Waals surface area contributed by atoms with Crippen LogP contribution in [-0.4, -0.2) is 26.5 Å². The van der Waals surface area contributed by atoms with Crippen LogP contribution in [0.5, 0.6) is 0 Å². The monoisotopic (exact) mass is 251 g/mol. The molecule has 0 spiro atoms. The second-order valence-electron chi connectivity index (χ2n) is 4.45. The highest BCUT2D eigenvalue weighted by molar-refractivity contribution is 5.84. The van der Waals surface area contributed by atoms with Gasteiger partial charge in [-0.05, 0) is 32.3 Å². The summed E-state index contributed by atoms with van der Waals surface area (Å²) in [4.78, 5) is 25.5. The van der Waals surface area contributed by atoms with E-state index in [0.717, 1.165) is 6.42 Å². The maximum Gasteiger partial charge on any atom is 0.329 e. The van der Waals surface area contributed by atoms with Gasteiger partial charge in [-0.15, -0.1) is 0 Å². The Morgan fingerprint density at radius 3 is 2.72 bits per heavy atom. The predicted octanol–water partition coefficient (Wildman–Crippen LogP) is 1.72. The summed E-state index contributed by atoms with van der Waals surface area (Å²) in [5, 5.41) is 22.9. The molecule has 0 unspecified atom stereocenters. The number of pyridine rings is 1. The van der Waals surface area contributed by atoms with E-state index in [1.165, 1.54) is 12.3 Å². The van der Waals surface area contributed by atoms with Crippen molar-refractivity contribution in [2.75, 3.05) is 5.32 Å². The van der Waals surface area contributed by atoms with E-state index < -0.39 is 16.4 Å². The molecule has 7 nitrogen and oxygen atoms in total. The smallest absolute Gasteiger partial charge is 0.329 e. The van der Waals surface area contributed by atoms with E-state index in [1.54, 1.807) is 6.92 Å².